The molecule has 0 fully saturated rings. The van der Waals surface area contributed by atoms with Crippen molar-refractivity contribution in [1.29, 1.82) is 0 Å². The molecule has 0 spiro atoms. The van der Waals surface area contributed by atoms with Gasteiger partial charge in [-0.3, -0.25) is 0 Å². The lowest BCUT2D eigenvalue weighted by Gasteiger charge is -2.20. The predicted octanol–water partition coefficient (Wildman–Crippen LogP) is 0.103. The smallest absolute Gasteiger partial charge is 0.0856 e. The summed E-state index contributed by atoms with van der Waals surface area (Å²) in [5.41, 5.74) is 19.3. The molecule has 0 aliphatic heterocycles. The molecule has 2 rings (SSSR count). The first-order valence-electron chi connectivity index (χ1n) is 7.23. The summed E-state index contributed by atoms with van der Waals surface area (Å²) >= 11 is 0. The third kappa shape index (κ3) is 6.66. The molecule has 2 aromatic carbocycles. The standard InChI is InChI=1S/C13H14N2.C4H11NO3/c14-12-5-1-10(2-6-12)9-11-3-7-13(15)8-4-11;5-4(1-6,2-7)3-8/h1-8H,9,14-15H2;6-8H,1-3,5H2. The van der Waals surface area contributed by atoms with Crippen molar-refractivity contribution in [3.05, 3.63) is 59.7 Å². The molecule has 2 aromatic rings. The number of anilines is 2. The van der Waals surface area contributed by atoms with Gasteiger partial charge in [0, 0.05) is 11.4 Å². The van der Waals surface area contributed by atoms with Crippen molar-refractivity contribution >= 4 is 11.4 Å². The Labute approximate surface area is 136 Å². The fraction of sp³-hybridized carbons (Fsp3) is 0.294. The van der Waals surface area contributed by atoms with Crippen LogP contribution >= 0.6 is 0 Å². The van der Waals surface area contributed by atoms with Gasteiger partial charge in [0.1, 0.15) is 0 Å². The van der Waals surface area contributed by atoms with E-state index in [4.69, 9.17) is 32.5 Å². The molecule has 0 aliphatic rings. The lowest BCUT2D eigenvalue weighted by molar-refractivity contribution is 0.0698. The minimum Gasteiger partial charge on any atom is -0.399 e. The van der Waals surface area contributed by atoms with Crippen molar-refractivity contribution in [1.82, 2.24) is 0 Å². The van der Waals surface area contributed by atoms with Gasteiger partial charge in [-0.25, -0.2) is 0 Å². The normalized spacial score (nSPS) is 10.8. The van der Waals surface area contributed by atoms with E-state index in [0.29, 0.717) is 0 Å². The molecule has 0 heterocycles. The molecule has 126 valence electrons. The first-order chi connectivity index (χ1) is 10.9. The van der Waals surface area contributed by atoms with E-state index in [-0.39, 0.29) is 0 Å². The summed E-state index contributed by atoms with van der Waals surface area (Å²) in [6.45, 7) is -1.21. The average Bonchev–Trinajstić information content (AvgIpc) is 2.59. The summed E-state index contributed by atoms with van der Waals surface area (Å²) in [7, 11) is 0. The number of rotatable bonds is 5. The van der Waals surface area contributed by atoms with Gasteiger partial charge in [-0.05, 0) is 41.8 Å². The number of hydrogen-bond acceptors (Lipinski definition) is 6. The Morgan fingerprint density at radius 1 is 0.652 bits per heavy atom. The monoisotopic (exact) mass is 319 g/mol. The van der Waals surface area contributed by atoms with Crippen LogP contribution in [0.1, 0.15) is 11.1 Å². The van der Waals surface area contributed by atoms with Crippen molar-refractivity contribution in [2.45, 2.75) is 12.0 Å². The molecule has 0 aromatic heterocycles. The van der Waals surface area contributed by atoms with Crippen LogP contribution < -0.4 is 17.2 Å². The van der Waals surface area contributed by atoms with Crippen LogP contribution in [-0.4, -0.2) is 40.7 Å². The van der Waals surface area contributed by atoms with Crippen LogP contribution in [0.5, 0.6) is 0 Å². The zero-order valence-electron chi connectivity index (χ0n) is 13.0. The number of hydrogen-bond donors (Lipinski definition) is 6. The Bertz CT molecular complexity index is 515. The molecule has 6 heteroatoms. The van der Waals surface area contributed by atoms with Crippen LogP contribution in [0.4, 0.5) is 11.4 Å². The van der Waals surface area contributed by atoms with E-state index in [1.54, 1.807) is 0 Å². The first-order valence-corrected chi connectivity index (χ1v) is 7.23. The Morgan fingerprint density at radius 3 is 1.17 bits per heavy atom. The van der Waals surface area contributed by atoms with E-state index in [2.05, 4.69) is 0 Å². The molecular weight excluding hydrogens is 294 g/mol. The van der Waals surface area contributed by atoms with Gasteiger partial charge in [-0.15, -0.1) is 0 Å². The molecule has 0 bridgehead atoms. The summed E-state index contributed by atoms with van der Waals surface area (Å²) in [5, 5.41) is 25.0. The van der Waals surface area contributed by atoms with Crippen LogP contribution in [0, 0.1) is 0 Å². The fourth-order valence-electron chi connectivity index (χ4n) is 1.66. The molecule has 0 unspecified atom stereocenters. The average molecular weight is 319 g/mol. The maximum Gasteiger partial charge on any atom is 0.0856 e. The summed E-state index contributed by atoms with van der Waals surface area (Å²) < 4.78 is 0. The summed E-state index contributed by atoms with van der Waals surface area (Å²) in [6, 6.07) is 15.9. The number of aliphatic hydroxyl groups is 3. The van der Waals surface area contributed by atoms with E-state index >= 15 is 0 Å². The van der Waals surface area contributed by atoms with Crippen LogP contribution in [0.25, 0.3) is 0 Å². The Kier molecular flexibility index (Phi) is 7.50. The van der Waals surface area contributed by atoms with Crippen molar-refractivity contribution < 1.29 is 15.3 Å². The lowest BCUT2D eigenvalue weighted by Crippen LogP contribution is -2.50. The second-order valence-electron chi connectivity index (χ2n) is 5.50. The van der Waals surface area contributed by atoms with E-state index in [1.807, 2.05) is 48.5 Å². The second kappa shape index (κ2) is 9.12. The third-order valence-electron chi connectivity index (χ3n) is 3.31. The van der Waals surface area contributed by atoms with E-state index < -0.39 is 25.4 Å². The zero-order valence-corrected chi connectivity index (χ0v) is 13.0. The number of nitrogens with two attached hydrogens (primary N) is 3. The van der Waals surface area contributed by atoms with Crippen LogP contribution in [0.15, 0.2) is 48.5 Å². The molecule has 6 nitrogen and oxygen atoms in total. The highest BCUT2D eigenvalue weighted by atomic mass is 16.3. The minimum absolute atomic E-state index is 0.403. The topological polar surface area (TPSA) is 139 Å². The zero-order chi connectivity index (χ0) is 17.3. The van der Waals surface area contributed by atoms with Crippen molar-refractivity contribution in [2.24, 2.45) is 5.73 Å². The van der Waals surface area contributed by atoms with Gasteiger partial charge < -0.3 is 32.5 Å². The molecular formula is C17H25N3O3. The Hall–Kier alpha value is -2.12. The predicted molar refractivity (Wildman–Crippen MR) is 92.7 cm³/mol. The van der Waals surface area contributed by atoms with Crippen LogP contribution in [0.2, 0.25) is 0 Å². The Balaban J connectivity index is 0.000000284. The van der Waals surface area contributed by atoms with Crippen molar-refractivity contribution in [2.75, 3.05) is 31.3 Å². The van der Waals surface area contributed by atoms with Crippen molar-refractivity contribution in [3.8, 4) is 0 Å². The highest BCUT2D eigenvalue weighted by Gasteiger charge is 2.20. The lowest BCUT2D eigenvalue weighted by atomic mass is 10.0. The molecule has 0 aliphatic carbocycles. The largest absolute Gasteiger partial charge is 0.399 e. The molecule has 9 N–H and O–H groups in total. The maximum absolute atomic E-state index is 8.34. The van der Waals surface area contributed by atoms with Gasteiger partial charge in [-0.1, -0.05) is 24.3 Å². The number of benzene rings is 2. The fourth-order valence-corrected chi connectivity index (χ4v) is 1.66. The van der Waals surface area contributed by atoms with Gasteiger partial charge in [0.05, 0.1) is 25.4 Å². The summed E-state index contributed by atoms with van der Waals surface area (Å²) in [6.07, 6.45) is 0.917. The second-order valence-corrected chi connectivity index (χ2v) is 5.50. The first kappa shape index (κ1) is 18.9. The third-order valence-corrected chi connectivity index (χ3v) is 3.31. The van der Waals surface area contributed by atoms with Crippen LogP contribution in [0.3, 0.4) is 0 Å². The van der Waals surface area contributed by atoms with Gasteiger partial charge in [-0.2, -0.15) is 0 Å². The molecule has 0 radical (unpaired) electrons. The van der Waals surface area contributed by atoms with Gasteiger partial charge in [0.25, 0.3) is 0 Å². The summed E-state index contributed by atoms with van der Waals surface area (Å²) in [5.74, 6) is 0. The highest BCUT2D eigenvalue weighted by Crippen LogP contribution is 2.13. The summed E-state index contributed by atoms with van der Waals surface area (Å²) in [4.78, 5) is 0. The number of aliphatic hydroxyl groups excluding tert-OH is 3. The van der Waals surface area contributed by atoms with E-state index in [9.17, 15) is 0 Å². The SMILES string of the molecule is NC(CO)(CO)CO.Nc1ccc(Cc2ccc(N)cc2)cc1. The van der Waals surface area contributed by atoms with Gasteiger partial charge in [0.2, 0.25) is 0 Å². The quantitative estimate of drug-likeness (QED) is 0.432. The molecule has 0 saturated carbocycles. The van der Waals surface area contributed by atoms with Gasteiger partial charge >= 0.3 is 0 Å². The molecule has 23 heavy (non-hydrogen) atoms. The van der Waals surface area contributed by atoms with E-state index in [1.165, 1.54) is 11.1 Å². The maximum atomic E-state index is 8.34. The van der Waals surface area contributed by atoms with Crippen molar-refractivity contribution in [3.63, 3.8) is 0 Å². The Morgan fingerprint density at radius 2 is 0.957 bits per heavy atom. The molecule has 0 atom stereocenters. The van der Waals surface area contributed by atoms with Gasteiger partial charge in [0.15, 0.2) is 0 Å². The molecule has 0 saturated heterocycles. The van der Waals surface area contributed by atoms with E-state index in [0.717, 1.165) is 17.8 Å². The van der Waals surface area contributed by atoms with Crippen LogP contribution in [-0.2, 0) is 6.42 Å². The number of nitrogen functional groups attached to an aromatic ring is 2. The minimum atomic E-state index is -1.21. The molecule has 0 amide bonds. The highest BCUT2D eigenvalue weighted by molar-refractivity contribution is 5.43.